The molecule has 0 aliphatic rings. The quantitative estimate of drug-likeness (QED) is 0.659. The van der Waals surface area contributed by atoms with Crippen molar-refractivity contribution < 1.29 is 9.90 Å². The number of carbonyl (C=O) groups excluding carboxylic acids is 1. The minimum Gasteiger partial charge on any atom is -0.394 e. The van der Waals surface area contributed by atoms with Crippen LogP contribution in [0.4, 0.5) is 5.82 Å². The van der Waals surface area contributed by atoms with Gasteiger partial charge in [-0.25, -0.2) is 4.98 Å². The van der Waals surface area contributed by atoms with Crippen LogP contribution in [0.25, 0.3) is 0 Å². The predicted octanol–water partition coefficient (Wildman–Crippen LogP) is 0.164. The standard InChI is InChI=1S/C10H15N3O2/c1-2-8(6-14)13-10(15)7-3-4-9(11)12-5-7/h3-5,8,14H,2,6H2,1H3,(H2,11,12)(H,13,15). The number of nitrogens with one attached hydrogen (secondary N) is 1. The summed E-state index contributed by atoms with van der Waals surface area (Å²) in [4.78, 5) is 15.4. The van der Waals surface area contributed by atoms with Gasteiger partial charge in [-0.2, -0.15) is 0 Å². The van der Waals surface area contributed by atoms with E-state index >= 15 is 0 Å². The fourth-order valence-electron chi connectivity index (χ4n) is 1.09. The summed E-state index contributed by atoms with van der Waals surface area (Å²) in [5.74, 6) is 0.129. The normalized spacial score (nSPS) is 12.1. The zero-order valence-electron chi connectivity index (χ0n) is 8.60. The molecule has 1 atom stereocenters. The van der Waals surface area contributed by atoms with Crippen molar-refractivity contribution in [2.75, 3.05) is 12.3 Å². The van der Waals surface area contributed by atoms with Crippen LogP contribution in [0.2, 0.25) is 0 Å². The lowest BCUT2D eigenvalue weighted by Gasteiger charge is -2.13. The van der Waals surface area contributed by atoms with Crippen molar-refractivity contribution >= 4 is 11.7 Å². The van der Waals surface area contributed by atoms with E-state index in [0.717, 1.165) is 0 Å². The molecule has 1 rings (SSSR count). The van der Waals surface area contributed by atoms with Crippen molar-refractivity contribution in [1.82, 2.24) is 10.3 Å². The first-order valence-corrected chi connectivity index (χ1v) is 4.80. The molecule has 0 saturated heterocycles. The topological polar surface area (TPSA) is 88.2 Å². The van der Waals surface area contributed by atoms with Gasteiger partial charge in [0.2, 0.25) is 0 Å². The van der Waals surface area contributed by atoms with Gasteiger partial charge in [0, 0.05) is 6.20 Å². The number of anilines is 1. The average molecular weight is 209 g/mol. The molecular weight excluding hydrogens is 194 g/mol. The zero-order valence-corrected chi connectivity index (χ0v) is 8.60. The van der Waals surface area contributed by atoms with Gasteiger partial charge in [-0.3, -0.25) is 4.79 Å². The van der Waals surface area contributed by atoms with E-state index in [1.807, 2.05) is 6.92 Å². The third-order valence-corrected chi connectivity index (χ3v) is 2.10. The summed E-state index contributed by atoms with van der Waals surface area (Å²) in [6.45, 7) is 1.83. The first kappa shape index (κ1) is 11.5. The lowest BCUT2D eigenvalue weighted by atomic mass is 10.2. The highest BCUT2D eigenvalue weighted by atomic mass is 16.3. The molecule has 1 aromatic rings. The van der Waals surface area contributed by atoms with Crippen LogP contribution in [0.15, 0.2) is 18.3 Å². The number of aliphatic hydroxyl groups excluding tert-OH is 1. The highest BCUT2D eigenvalue weighted by Gasteiger charge is 2.10. The van der Waals surface area contributed by atoms with E-state index in [4.69, 9.17) is 10.8 Å². The second-order valence-corrected chi connectivity index (χ2v) is 3.23. The summed E-state index contributed by atoms with van der Waals surface area (Å²) in [6.07, 6.45) is 2.10. The highest BCUT2D eigenvalue weighted by Crippen LogP contribution is 2.02. The summed E-state index contributed by atoms with van der Waals surface area (Å²) < 4.78 is 0. The molecule has 0 aliphatic heterocycles. The summed E-state index contributed by atoms with van der Waals surface area (Å²) >= 11 is 0. The fourth-order valence-corrected chi connectivity index (χ4v) is 1.09. The van der Waals surface area contributed by atoms with Gasteiger partial charge in [0.1, 0.15) is 5.82 Å². The van der Waals surface area contributed by atoms with Gasteiger partial charge in [0.15, 0.2) is 0 Å². The Kier molecular flexibility index (Phi) is 4.05. The Hall–Kier alpha value is -1.62. The molecule has 0 aliphatic carbocycles. The van der Waals surface area contributed by atoms with E-state index < -0.39 is 0 Å². The van der Waals surface area contributed by atoms with Crippen molar-refractivity contribution in [2.24, 2.45) is 0 Å². The Morgan fingerprint density at radius 3 is 2.87 bits per heavy atom. The molecule has 1 aromatic heterocycles. The van der Waals surface area contributed by atoms with Crippen molar-refractivity contribution in [3.63, 3.8) is 0 Å². The van der Waals surface area contributed by atoms with Crippen LogP contribution in [0.3, 0.4) is 0 Å². The Labute approximate surface area is 88.3 Å². The van der Waals surface area contributed by atoms with Gasteiger partial charge in [0.05, 0.1) is 18.2 Å². The molecule has 0 radical (unpaired) electrons. The summed E-state index contributed by atoms with van der Waals surface area (Å²) in [5.41, 5.74) is 5.84. The molecular formula is C10H15N3O2. The fraction of sp³-hybridized carbons (Fsp3) is 0.400. The Morgan fingerprint density at radius 2 is 2.40 bits per heavy atom. The third-order valence-electron chi connectivity index (χ3n) is 2.10. The van der Waals surface area contributed by atoms with Crippen molar-refractivity contribution in [1.29, 1.82) is 0 Å². The van der Waals surface area contributed by atoms with Crippen LogP contribution >= 0.6 is 0 Å². The number of hydrogen-bond donors (Lipinski definition) is 3. The van der Waals surface area contributed by atoms with E-state index in [2.05, 4.69) is 10.3 Å². The molecule has 0 saturated carbocycles. The summed E-state index contributed by atoms with van der Waals surface area (Å²) in [7, 11) is 0. The van der Waals surface area contributed by atoms with Crippen molar-refractivity contribution in [2.45, 2.75) is 19.4 Å². The number of nitrogens with two attached hydrogens (primary N) is 1. The van der Waals surface area contributed by atoms with E-state index in [1.165, 1.54) is 6.20 Å². The number of amides is 1. The van der Waals surface area contributed by atoms with Crippen LogP contribution < -0.4 is 11.1 Å². The molecule has 5 nitrogen and oxygen atoms in total. The number of aromatic nitrogens is 1. The molecule has 15 heavy (non-hydrogen) atoms. The van der Waals surface area contributed by atoms with Crippen molar-refractivity contribution in [3.8, 4) is 0 Å². The Bertz CT molecular complexity index is 320. The van der Waals surface area contributed by atoms with Gasteiger partial charge >= 0.3 is 0 Å². The Morgan fingerprint density at radius 1 is 1.67 bits per heavy atom. The van der Waals surface area contributed by atoms with E-state index in [0.29, 0.717) is 17.8 Å². The lowest BCUT2D eigenvalue weighted by Crippen LogP contribution is -2.36. The number of hydrogen-bond acceptors (Lipinski definition) is 4. The van der Waals surface area contributed by atoms with Crippen LogP contribution in [0.5, 0.6) is 0 Å². The number of carbonyl (C=O) groups is 1. The maximum Gasteiger partial charge on any atom is 0.253 e. The SMILES string of the molecule is CCC(CO)NC(=O)c1ccc(N)nc1. The second-order valence-electron chi connectivity index (χ2n) is 3.23. The zero-order chi connectivity index (χ0) is 11.3. The van der Waals surface area contributed by atoms with Crippen LogP contribution in [-0.4, -0.2) is 28.6 Å². The third kappa shape index (κ3) is 3.21. The van der Waals surface area contributed by atoms with Crippen LogP contribution in [-0.2, 0) is 0 Å². The number of nitrogen functional groups attached to an aromatic ring is 1. The smallest absolute Gasteiger partial charge is 0.253 e. The van der Waals surface area contributed by atoms with Gasteiger partial charge in [-0.15, -0.1) is 0 Å². The molecule has 5 heteroatoms. The first-order valence-electron chi connectivity index (χ1n) is 4.80. The molecule has 0 bridgehead atoms. The number of aliphatic hydroxyl groups is 1. The molecule has 0 aromatic carbocycles. The van der Waals surface area contributed by atoms with Crippen molar-refractivity contribution in [3.05, 3.63) is 23.9 Å². The molecule has 82 valence electrons. The average Bonchev–Trinajstić information content (AvgIpc) is 2.26. The second kappa shape index (κ2) is 5.31. The van der Waals surface area contributed by atoms with Gasteiger partial charge in [0.25, 0.3) is 5.91 Å². The predicted molar refractivity (Wildman–Crippen MR) is 57.3 cm³/mol. The van der Waals surface area contributed by atoms with E-state index in [-0.39, 0.29) is 18.6 Å². The number of rotatable bonds is 4. The van der Waals surface area contributed by atoms with Gasteiger partial charge < -0.3 is 16.2 Å². The Balaban J connectivity index is 2.64. The minimum absolute atomic E-state index is 0.0648. The van der Waals surface area contributed by atoms with Crippen LogP contribution in [0.1, 0.15) is 23.7 Å². The molecule has 1 amide bonds. The largest absolute Gasteiger partial charge is 0.394 e. The molecule has 1 unspecified atom stereocenters. The monoisotopic (exact) mass is 209 g/mol. The first-order chi connectivity index (χ1) is 7.17. The van der Waals surface area contributed by atoms with Crippen LogP contribution in [0, 0.1) is 0 Å². The lowest BCUT2D eigenvalue weighted by molar-refractivity contribution is 0.0914. The minimum atomic E-state index is -0.247. The summed E-state index contributed by atoms with van der Waals surface area (Å²) in [5, 5.41) is 11.6. The highest BCUT2D eigenvalue weighted by molar-refractivity contribution is 5.94. The maximum absolute atomic E-state index is 11.6. The number of nitrogens with zero attached hydrogens (tertiary/aromatic N) is 1. The molecule has 1 heterocycles. The molecule has 0 fully saturated rings. The maximum atomic E-state index is 11.6. The van der Waals surface area contributed by atoms with Gasteiger partial charge in [-0.05, 0) is 18.6 Å². The molecule has 4 N–H and O–H groups in total. The van der Waals surface area contributed by atoms with Gasteiger partial charge in [-0.1, -0.05) is 6.92 Å². The number of pyridine rings is 1. The van der Waals surface area contributed by atoms with E-state index in [9.17, 15) is 4.79 Å². The molecule has 0 spiro atoms. The van der Waals surface area contributed by atoms with E-state index in [1.54, 1.807) is 12.1 Å². The summed E-state index contributed by atoms with van der Waals surface area (Å²) in [6, 6.07) is 2.95.